The fraction of sp³-hybridized carbons (Fsp3) is 0.474. The number of nitrogens with zero attached hydrogens (tertiary/aromatic N) is 1. The largest absolute Gasteiger partial charge is 0.355 e. The van der Waals surface area contributed by atoms with E-state index in [0.29, 0.717) is 13.0 Å². The van der Waals surface area contributed by atoms with Crippen molar-refractivity contribution in [2.45, 2.75) is 51.0 Å². The zero-order valence-electron chi connectivity index (χ0n) is 14.0. The average Bonchev–Trinajstić information content (AvgIpc) is 3.02. The number of carbonyl (C=O) groups excluding carboxylic acids is 1. The zero-order valence-corrected chi connectivity index (χ0v) is 14.8. The van der Waals surface area contributed by atoms with Gasteiger partial charge in [-0.2, -0.15) is 0 Å². The van der Waals surface area contributed by atoms with Crippen molar-refractivity contribution in [1.82, 2.24) is 10.3 Å². The van der Waals surface area contributed by atoms with Crippen molar-refractivity contribution in [3.05, 3.63) is 51.5 Å². The third-order valence-corrected chi connectivity index (χ3v) is 5.61. The maximum atomic E-state index is 12.1. The second kappa shape index (κ2) is 8.40. The number of nitrogens with two attached hydrogens (primary N) is 1. The number of nitrogens with one attached hydrogen (secondary N) is 1. The second-order valence-corrected chi connectivity index (χ2v) is 7.54. The summed E-state index contributed by atoms with van der Waals surface area (Å²) in [6.07, 6.45) is 7.32. The molecule has 1 aliphatic carbocycles. The molecule has 0 fully saturated rings. The molecule has 0 saturated heterocycles. The lowest BCUT2D eigenvalue weighted by Gasteiger charge is -2.12. The molecule has 0 bridgehead atoms. The van der Waals surface area contributed by atoms with Gasteiger partial charge in [-0.1, -0.05) is 30.3 Å². The monoisotopic (exact) mass is 343 g/mol. The first-order valence-electron chi connectivity index (χ1n) is 8.77. The molecular formula is C19H25N3OS. The summed E-state index contributed by atoms with van der Waals surface area (Å²) in [7, 11) is 0. The first kappa shape index (κ1) is 17.1. The first-order valence-corrected chi connectivity index (χ1v) is 9.58. The molecule has 1 aromatic carbocycles. The summed E-state index contributed by atoms with van der Waals surface area (Å²) in [5, 5.41) is 4.16. The first-order chi connectivity index (χ1) is 11.7. The van der Waals surface area contributed by atoms with Crippen molar-refractivity contribution < 1.29 is 4.79 Å². The minimum atomic E-state index is -0.487. The van der Waals surface area contributed by atoms with Crippen LogP contribution in [-0.4, -0.2) is 23.5 Å². The van der Waals surface area contributed by atoms with Gasteiger partial charge in [-0.3, -0.25) is 4.79 Å². The van der Waals surface area contributed by atoms with Crippen LogP contribution in [0.15, 0.2) is 30.3 Å². The molecule has 3 rings (SSSR count). The molecule has 0 aliphatic heterocycles. The summed E-state index contributed by atoms with van der Waals surface area (Å²) >= 11 is 1.85. The van der Waals surface area contributed by atoms with E-state index in [4.69, 9.17) is 10.7 Å². The van der Waals surface area contributed by atoms with Crippen LogP contribution in [0.1, 0.15) is 40.4 Å². The van der Waals surface area contributed by atoms with Gasteiger partial charge in [0.1, 0.15) is 0 Å². The van der Waals surface area contributed by atoms with Gasteiger partial charge in [0.2, 0.25) is 5.91 Å². The smallest absolute Gasteiger partial charge is 0.237 e. The number of carbonyl (C=O) groups is 1. The lowest BCUT2D eigenvalue weighted by Crippen LogP contribution is -2.42. The van der Waals surface area contributed by atoms with Crippen molar-refractivity contribution in [1.29, 1.82) is 0 Å². The minimum absolute atomic E-state index is 0.0720. The highest BCUT2D eigenvalue weighted by Crippen LogP contribution is 2.27. The van der Waals surface area contributed by atoms with Gasteiger partial charge in [-0.15, -0.1) is 11.3 Å². The van der Waals surface area contributed by atoms with Crippen LogP contribution in [0.3, 0.4) is 0 Å². The summed E-state index contributed by atoms with van der Waals surface area (Å²) in [6.45, 7) is 0.658. The number of thiazole rings is 1. The Kier molecular flexibility index (Phi) is 5.99. The van der Waals surface area contributed by atoms with Gasteiger partial charge >= 0.3 is 0 Å². The second-order valence-electron chi connectivity index (χ2n) is 6.38. The van der Waals surface area contributed by atoms with Gasteiger partial charge in [0.25, 0.3) is 0 Å². The van der Waals surface area contributed by atoms with E-state index >= 15 is 0 Å². The normalized spacial score (nSPS) is 14.9. The van der Waals surface area contributed by atoms with Crippen molar-refractivity contribution in [2.24, 2.45) is 5.73 Å². The molecule has 5 heteroatoms. The van der Waals surface area contributed by atoms with Gasteiger partial charge in [-0.05, 0) is 44.1 Å². The minimum Gasteiger partial charge on any atom is -0.355 e. The topological polar surface area (TPSA) is 68.0 Å². The number of hydrogen-bond donors (Lipinski definition) is 2. The van der Waals surface area contributed by atoms with E-state index in [0.717, 1.165) is 24.8 Å². The highest BCUT2D eigenvalue weighted by atomic mass is 32.1. The Hall–Kier alpha value is -1.72. The third-order valence-electron chi connectivity index (χ3n) is 4.39. The summed E-state index contributed by atoms with van der Waals surface area (Å²) in [4.78, 5) is 18.3. The third kappa shape index (κ3) is 4.65. The van der Waals surface area contributed by atoms with E-state index in [1.807, 2.05) is 41.7 Å². The number of fused-ring (bicyclic) bond motifs is 1. The summed E-state index contributed by atoms with van der Waals surface area (Å²) in [5.74, 6) is -0.0720. The van der Waals surface area contributed by atoms with Crippen molar-refractivity contribution in [3.63, 3.8) is 0 Å². The maximum absolute atomic E-state index is 12.1. The number of amides is 1. The Morgan fingerprint density at radius 2 is 2.04 bits per heavy atom. The Morgan fingerprint density at radius 1 is 1.25 bits per heavy atom. The molecule has 4 nitrogen and oxygen atoms in total. The maximum Gasteiger partial charge on any atom is 0.237 e. The fourth-order valence-electron chi connectivity index (χ4n) is 3.06. The van der Waals surface area contributed by atoms with Crippen molar-refractivity contribution >= 4 is 17.2 Å². The van der Waals surface area contributed by atoms with Gasteiger partial charge in [-0.25, -0.2) is 4.98 Å². The molecule has 0 saturated carbocycles. The van der Waals surface area contributed by atoms with Crippen LogP contribution in [-0.2, 0) is 30.5 Å². The standard InChI is InChI=1S/C19H25N3OS/c20-15(13-14-7-2-1-3-8-14)19(23)21-12-6-11-18-22-16-9-4-5-10-17(16)24-18/h1-3,7-8,15H,4-6,9-13,20H2,(H,21,23)/t15-/m0/s1. The molecule has 0 unspecified atom stereocenters. The lowest BCUT2D eigenvalue weighted by atomic mass is 10.0. The molecule has 1 atom stereocenters. The SMILES string of the molecule is N[C@@H](Cc1ccccc1)C(=O)NCCCc1nc2c(s1)CCCC2. The van der Waals surface area contributed by atoms with E-state index in [-0.39, 0.29) is 5.91 Å². The molecule has 1 aromatic heterocycles. The number of aromatic nitrogens is 1. The molecule has 1 heterocycles. The van der Waals surface area contributed by atoms with Crippen LogP contribution >= 0.6 is 11.3 Å². The van der Waals surface area contributed by atoms with Gasteiger partial charge in [0, 0.05) is 17.8 Å². The van der Waals surface area contributed by atoms with Gasteiger partial charge in [0.05, 0.1) is 16.7 Å². The predicted octanol–water partition coefficient (Wildman–Crippen LogP) is 2.64. The van der Waals surface area contributed by atoms with Crippen molar-refractivity contribution in [3.8, 4) is 0 Å². The van der Waals surface area contributed by atoms with Crippen LogP contribution in [0, 0.1) is 0 Å². The molecular weight excluding hydrogens is 318 g/mol. The quantitative estimate of drug-likeness (QED) is 0.760. The Balaban J connectivity index is 1.38. The van der Waals surface area contributed by atoms with E-state index in [2.05, 4.69) is 5.32 Å². The number of benzene rings is 1. The van der Waals surface area contributed by atoms with Crippen LogP contribution in [0.4, 0.5) is 0 Å². The zero-order chi connectivity index (χ0) is 16.8. The molecule has 0 spiro atoms. The molecule has 1 amide bonds. The number of rotatable bonds is 7. The van der Waals surface area contributed by atoms with Gasteiger partial charge in [0.15, 0.2) is 0 Å². The fourth-order valence-corrected chi connectivity index (χ4v) is 4.25. The molecule has 3 N–H and O–H groups in total. The number of hydrogen-bond acceptors (Lipinski definition) is 4. The van der Waals surface area contributed by atoms with E-state index in [9.17, 15) is 4.79 Å². The Labute approximate surface area is 147 Å². The molecule has 1 aliphatic rings. The van der Waals surface area contributed by atoms with E-state index < -0.39 is 6.04 Å². The van der Waals surface area contributed by atoms with E-state index in [1.54, 1.807) is 0 Å². The highest BCUT2D eigenvalue weighted by Gasteiger charge is 2.15. The van der Waals surface area contributed by atoms with Gasteiger partial charge < -0.3 is 11.1 Å². The summed E-state index contributed by atoms with van der Waals surface area (Å²) in [6, 6.07) is 9.40. The molecule has 128 valence electrons. The number of aryl methyl sites for hydroxylation is 3. The highest BCUT2D eigenvalue weighted by molar-refractivity contribution is 7.11. The lowest BCUT2D eigenvalue weighted by molar-refractivity contribution is -0.122. The summed E-state index contributed by atoms with van der Waals surface area (Å²) in [5.41, 5.74) is 8.39. The predicted molar refractivity (Wildman–Crippen MR) is 98.2 cm³/mol. The van der Waals surface area contributed by atoms with Crippen LogP contribution < -0.4 is 11.1 Å². The summed E-state index contributed by atoms with van der Waals surface area (Å²) < 4.78 is 0. The Bertz CT molecular complexity index is 645. The van der Waals surface area contributed by atoms with Crippen LogP contribution in [0.2, 0.25) is 0 Å². The molecule has 0 radical (unpaired) electrons. The van der Waals surface area contributed by atoms with Crippen LogP contribution in [0.25, 0.3) is 0 Å². The van der Waals surface area contributed by atoms with E-state index in [1.165, 1.54) is 34.8 Å². The molecule has 2 aromatic rings. The van der Waals surface area contributed by atoms with Crippen molar-refractivity contribution in [2.75, 3.05) is 6.54 Å². The Morgan fingerprint density at radius 3 is 2.83 bits per heavy atom. The van der Waals surface area contributed by atoms with Crippen LogP contribution in [0.5, 0.6) is 0 Å². The average molecular weight is 343 g/mol. The molecule has 24 heavy (non-hydrogen) atoms.